The van der Waals surface area contributed by atoms with Gasteiger partial charge < -0.3 is 5.32 Å². The third-order valence-electron chi connectivity index (χ3n) is 2.56. The summed E-state index contributed by atoms with van der Waals surface area (Å²) in [5, 5.41) is 7.95. The van der Waals surface area contributed by atoms with E-state index in [-0.39, 0.29) is 23.6 Å². The zero-order valence-electron chi connectivity index (χ0n) is 11.8. The van der Waals surface area contributed by atoms with Gasteiger partial charge in [-0.2, -0.15) is 0 Å². The summed E-state index contributed by atoms with van der Waals surface area (Å²) in [6.45, 7) is 3.72. The minimum absolute atomic E-state index is 0.0171. The Bertz CT molecular complexity index is 716. The van der Waals surface area contributed by atoms with Crippen molar-refractivity contribution >= 4 is 51.5 Å². The fraction of sp³-hybridized carbons (Fsp3) is 0.214. The molecule has 1 aromatic heterocycles. The summed E-state index contributed by atoms with van der Waals surface area (Å²) in [5.74, 6) is -0.648. The van der Waals surface area contributed by atoms with Crippen LogP contribution in [0.5, 0.6) is 0 Å². The number of hydrogen-bond donors (Lipinski definition) is 2. The fourth-order valence-corrected chi connectivity index (χ4v) is 2.56. The molecular weight excluding hydrogens is 345 g/mol. The van der Waals surface area contributed by atoms with Crippen molar-refractivity contribution in [2.75, 3.05) is 5.32 Å². The van der Waals surface area contributed by atoms with E-state index in [0.29, 0.717) is 20.7 Å². The average Bonchev–Trinajstić information content (AvgIpc) is 2.89. The van der Waals surface area contributed by atoms with Crippen LogP contribution in [0.25, 0.3) is 0 Å². The largest absolute Gasteiger partial charge is 0.349 e. The van der Waals surface area contributed by atoms with Crippen LogP contribution in [0, 0.1) is 0 Å². The molecule has 8 heteroatoms. The number of rotatable bonds is 4. The molecule has 2 aromatic rings. The fourth-order valence-electron chi connectivity index (χ4n) is 1.58. The van der Waals surface area contributed by atoms with E-state index in [4.69, 9.17) is 23.2 Å². The predicted octanol–water partition coefficient (Wildman–Crippen LogP) is 3.84. The van der Waals surface area contributed by atoms with Gasteiger partial charge in [0.15, 0.2) is 5.13 Å². The Labute approximate surface area is 141 Å². The molecule has 0 aliphatic carbocycles. The normalized spacial score (nSPS) is 10.6. The molecule has 2 N–H and O–H groups in total. The second-order valence-electron chi connectivity index (χ2n) is 4.75. The molecule has 5 nitrogen and oxygen atoms in total. The summed E-state index contributed by atoms with van der Waals surface area (Å²) in [6.07, 6.45) is 0. The first-order valence-electron chi connectivity index (χ1n) is 6.39. The predicted molar refractivity (Wildman–Crippen MR) is 89.1 cm³/mol. The SMILES string of the molecule is CC(C)NC(=O)c1csc(NC(=O)c2ccc(Cl)c(Cl)c2)n1. The minimum Gasteiger partial charge on any atom is -0.349 e. The highest BCUT2D eigenvalue weighted by Gasteiger charge is 2.14. The summed E-state index contributed by atoms with van der Waals surface area (Å²) in [4.78, 5) is 28.0. The first-order chi connectivity index (χ1) is 10.4. The Morgan fingerprint density at radius 2 is 1.91 bits per heavy atom. The summed E-state index contributed by atoms with van der Waals surface area (Å²) in [6, 6.07) is 4.59. The molecule has 0 aliphatic rings. The molecule has 0 saturated heterocycles. The van der Waals surface area contributed by atoms with Crippen LogP contribution in [-0.2, 0) is 0 Å². The highest BCUT2D eigenvalue weighted by Crippen LogP contribution is 2.23. The molecule has 0 saturated carbocycles. The smallest absolute Gasteiger partial charge is 0.271 e. The number of benzene rings is 1. The van der Waals surface area contributed by atoms with Gasteiger partial charge in [0.05, 0.1) is 10.0 Å². The maximum Gasteiger partial charge on any atom is 0.271 e. The van der Waals surface area contributed by atoms with Gasteiger partial charge in [0.1, 0.15) is 5.69 Å². The van der Waals surface area contributed by atoms with Crippen molar-refractivity contribution in [2.45, 2.75) is 19.9 Å². The Morgan fingerprint density at radius 1 is 1.18 bits per heavy atom. The van der Waals surface area contributed by atoms with Crippen LogP contribution < -0.4 is 10.6 Å². The Kier molecular flexibility index (Phi) is 5.39. The third-order valence-corrected chi connectivity index (χ3v) is 4.06. The van der Waals surface area contributed by atoms with E-state index < -0.39 is 0 Å². The van der Waals surface area contributed by atoms with E-state index in [0.717, 1.165) is 0 Å². The molecule has 1 heterocycles. The lowest BCUT2D eigenvalue weighted by atomic mass is 10.2. The summed E-state index contributed by atoms with van der Waals surface area (Å²) in [7, 11) is 0. The number of nitrogens with one attached hydrogen (secondary N) is 2. The molecule has 0 atom stereocenters. The number of carbonyl (C=O) groups excluding carboxylic acids is 2. The quantitative estimate of drug-likeness (QED) is 0.872. The molecule has 116 valence electrons. The molecule has 0 radical (unpaired) electrons. The van der Waals surface area contributed by atoms with Crippen LogP contribution in [0.3, 0.4) is 0 Å². The monoisotopic (exact) mass is 357 g/mol. The second kappa shape index (κ2) is 7.09. The second-order valence-corrected chi connectivity index (χ2v) is 6.42. The van der Waals surface area contributed by atoms with Gasteiger partial charge >= 0.3 is 0 Å². The van der Waals surface area contributed by atoms with Gasteiger partial charge in [0.25, 0.3) is 11.8 Å². The van der Waals surface area contributed by atoms with Gasteiger partial charge in [-0.1, -0.05) is 23.2 Å². The molecule has 1 aromatic carbocycles. The molecule has 0 fully saturated rings. The number of hydrogen-bond acceptors (Lipinski definition) is 4. The van der Waals surface area contributed by atoms with Gasteiger partial charge in [0, 0.05) is 17.0 Å². The van der Waals surface area contributed by atoms with Gasteiger partial charge in [-0.05, 0) is 32.0 Å². The van der Waals surface area contributed by atoms with E-state index >= 15 is 0 Å². The lowest BCUT2D eigenvalue weighted by Crippen LogP contribution is -2.30. The summed E-state index contributed by atoms with van der Waals surface area (Å²) >= 11 is 12.9. The van der Waals surface area contributed by atoms with Crippen LogP contribution >= 0.6 is 34.5 Å². The lowest BCUT2D eigenvalue weighted by Gasteiger charge is -2.05. The number of halogens is 2. The van der Waals surface area contributed by atoms with Crippen LogP contribution in [0.1, 0.15) is 34.7 Å². The van der Waals surface area contributed by atoms with Crippen molar-refractivity contribution in [2.24, 2.45) is 0 Å². The standard InChI is InChI=1S/C14H13Cl2N3O2S/c1-7(2)17-13(21)11-6-22-14(18-11)19-12(20)8-3-4-9(15)10(16)5-8/h3-7H,1-2H3,(H,17,21)(H,18,19,20). The van der Waals surface area contributed by atoms with Gasteiger partial charge in [0.2, 0.25) is 0 Å². The molecule has 2 rings (SSSR count). The minimum atomic E-state index is -0.372. The maximum absolute atomic E-state index is 12.1. The van der Waals surface area contributed by atoms with Crippen molar-refractivity contribution in [3.8, 4) is 0 Å². The van der Waals surface area contributed by atoms with Crippen molar-refractivity contribution in [3.05, 3.63) is 44.9 Å². The molecule has 0 unspecified atom stereocenters. The van der Waals surface area contributed by atoms with Crippen molar-refractivity contribution in [1.82, 2.24) is 10.3 Å². The van der Waals surface area contributed by atoms with Crippen molar-refractivity contribution in [3.63, 3.8) is 0 Å². The van der Waals surface area contributed by atoms with Crippen molar-refractivity contribution in [1.29, 1.82) is 0 Å². The zero-order chi connectivity index (χ0) is 16.3. The van der Waals surface area contributed by atoms with Crippen LogP contribution in [0.4, 0.5) is 5.13 Å². The first kappa shape index (κ1) is 16.7. The molecule has 0 aliphatic heterocycles. The van der Waals surface area contributed by atoms with E-state index in [2.05, 4.69) is 15.6 Å². The topological polar surface area (TPSA) is 71.1 Å². The average molecular weight is 358 g/mol. The number of carbonyl (C=O) groups is 2. The molecule has 22 heavy (non-hydrogen) atoms. The van der Waals surface area contributed by atoms with Crippen molar-refractivity contribution < 1.29 is 9.59 Å². The van der Waals surface area contributed by atoms with Gasteiger partial charge in [-0.3, -0.25) is 14.9 Å². The highest BCUT2D eigenvalue weighted by atomic mass is 35.5. The molecule has 0 spiro atoms. The Balaban J connectivity index is 2.07. The Hall–Kier alpha value is -1.63. The first-order valence-corrected chi connectivity index (χ1v) is 8.03. The number of aromatic nitrogens is 1. The van der Waals surface area contributed by atoms with E-state index in [1.54, 1.807) is 17.5 Å². The zero-order valence-corrected chi connectivity index (χ0v) is 14.1. The van der Waals surface area contributed by atoms with E-state index in [1.165, 1.54) is 17.4 Å². The maximum atomic E-state index is 12.1. The van der Waals surface area contributed by atoms with Crippen LogP contribution in [-0.4, -0.2) is 22.8 Å². The van der Waals surface area contributed by atoms with Gasteiger partial charge in [-0.15, -0.1) is 11.3 Å². The number of amides is 2. The summed E-state index contributed by atoms with van der Waals surface area (Å²) < 4.78 is 0. The highest BCUT2D eigenvalue weighted by molar-refractivity contribution is 7.14. The van der Waals surface area contributed by atoms with E-state index in [1.807, 2.05) is 13.8 Å². The Morgan fingerprint density at radius 3 is 2.55 bits per heavy atom. The molecule has 2 amide bonds. The molecule has 0 bridgehead atoms. The van der Waals surface area contributed by atoms with Crippen LogP contribution in [0.2, 0.25) is 10.0 Å². The third kappa shape index (κ3) is 4.19. The van der Waals surface area contributed by atoms with Crippen LogP contribution in [0.15, 0.2) is 23.6 Å². The summed E-state index contributed by atoms with van der Waals surface area (Å²) in [5.41, 5.74) is 0.626. The lowest BCUT2D eigenvalue weighted by molar-refractivity contribution is 0.0937. The molecular formula is C14H13Cl2N3O2S. The van der Waals surface area contributed by atoms with E-state index in [9.17, 15) is 9.59 Å². The number of nitrogens with zero attached hydrogens (tertiary/aromatic N) is 1. The van der Waals surface area contributed by atoms with Gasteiger partial charge in [-0.25, -0.2) is 4.98 Å². The number of thiazole rings is 1. The number of anilines is 1.